The molecule has 0 aliphatic rings. The summed E-state index contributed by atoms with van der Waals surface area (Å²) in [5, 5.41) is 3.37. The lowest BCUT2D eigenvalue weighted by atomic mass is 10.2. The van der Waals surface area contributed by atoms with Gasteiger partial charge >= 0.3 is 0 Å². The van der Waals surface area contributed by atoms with E-state index in [1.54, 1.807) is 0 Å². The molecule has 0 unspecified atom stereocenters. The molecule has 3 N–H and O–H groups in total. The lowest BCUT2D eigenvalue weighted by Gasteiger charge is -2.14. The molecule has 0 atom stereocenters. The molecule has 0 heterocycles. The van der Waals surface area contributed by atoms with Crippen LogP contribution in [-0.4, -0.2) is 6.10 Å². The molecule has 0 saturated heterocycles. The minimum Gasteiger partial charge on any atom is -0.489 e. The van der Waals surface area contributed by atoms with Crippen molar-refractivity contribution in [2.45, 2.75) is 26.5 Å². The van der Waals surface area contributed by atoms with E-state index in [0.717, 1.165) is 18.0 Å². The van der Waals surface area contributed by atoms with Crippen LogP contribution in [0, 0.1) is 0 Å². The minimum atomic E-state index is 0.117. The van der Waals surface area contributed by atoms with Crippen molar-refractivity contribution in [2.75, 3.05) is 11.1 Å². The molecule has 3 nitrogen and oxygen atoms in total. The summed E-state index contributed by atoms with van der Waals surface area (Å²) in [6.07, 6.45) is 0.117. The third-order valence-electron chi connectivity index (χ3n) is 2.72. The van der Waals surface area contributed by atoms with Gasteiger partial charge in [-0.1, -0.05) is 30.3 Å². The molecular formula is C16H20N2O. The first-order chi connectivity index (χ1) is 9.15. The molecule has 0 aromatic heterocycles. The highest BCUT2D eigenvalue weighted by atomic mass is 16.5. The van der Waals surface area contributed by atoms with Crippen LogP contribution < -0.4 is 15.8 Å². The summed E-state index contributed by atoms with van der Waals surface area (Å²) < 4.78 is 5.67. The fourth-order valence-corrected chi connectivity index (χ4v) is 1.80. The van der Waals surface area contributed by atoms with E-state index in [2.05, 4.69) is 17.4 Å². The van der Waals surface area contributed by atoms with Crippen LogP contribution in [0.25, 0.3) is 0 Å². The zero-order valence-corrected chi connectivity index (χ0v) is 11.4. The Kier molecular flexibility index (Phi) is 4.29. The van der Waals surface area contributed by atoms with Gasteiger partial charge in [0.2, 0.25) is 0 Å². The Balaban J connectivity index is 2.04. The van der Waals surface area contributed by atoms with E-state index in [1.807, 2.05) is 50.2 Å². The van der Waals surface area contributed by atoms with Crippen molar-refractivity contribution >= 4 is 11.4 Å². The molecule has 2 aromatic rings. The molecule has 0 saturated carbocycles. The predicted octanol–water partition coefficient (Wildman–Crippen LogP) is 3.67. The third-order valence-corrected chi connectivity index (χ3v) is 2.72. The van der Waals surface area contributed by atoms with Crippen molar-refractivity contribution < 1.29 is 4.74 Å². The summed E-state index contributed by atoms with van der Waals surface area (Å²) >= 11 is 0. The number of rotatable bonds is 5. The molecule has 0 aliphatic heterocycles. The maximum absolute atomic E-state index is 5.89. The van der Waals surface area contributed by atoms with E-state index < -0.39 is 0 Å². The van der Waals surface area contributed by atoms with Crippen LogP contribution in [0.5, 0.6) is 5.75 Å². The summed E-state index contributed by atoms with van der Waals surface area (Å²) in [7, 11) is 0. The topological polar surface area (TPSA) is 47.3 Å². The highest BCUT2D eigenvalue weighted by molar-refractivity contribution is 5.61. The van der Waals surface area contributed by atoms with Crippen molar-refractivity contribution in [3.63, 3.8) is 0 Å². The molecule has 0 amide bonds. The van der Waals surface area contributed by atoms with Gasteiger partial charge in [-0.3, -0.25) is 0 Å². The Bertz CT molecular complexity index is 524. The van der Waals surface area contributed by atoms with Gasteiger partial charge < -0.3 is 15.8 Å². The quantitative estimate of drug-likeness (QED) is 0.802. The average Bonchev–Trinajstić information content (AvgIpc) is 2.40. The summed E-state index contributed by atoms with van der Waals surface area (Å²) in [4.78, 5) is 0. The summed E-state index contributed by atoms with van der Waals surface area (Å²) in [5.74, 6) is 0.730. The number of anilines is 2. The largest absolute Gasteiger partial charge is 0.489 e. The van der Waals surface area contributed by atoms with Crippen molar-refractivity contribution in [3.05, 3.63) is 54.1 Å². The van der Waals surface area contributed by atoms with Gasteiger partial charge in [-0.05, 0) is 31.5 Å². The number of hydrogen-bond acceptors (Lipinski definition) is 3. The lowest BCUT2D eigenvalue weighted by Crippen LogP contribution is -2.08. The second-order valence-electron chi connectivity index (χ2n) is 4.76. The van der Waals surface area contributed by atoms with Crippen molar-refractivity contribution in [1.82, 2.24) is 0 Å². The van der Waals surface area contributed by atoms with Crippen molar-refractivity contribution in [3.8, 4) is 5.75 Å². The number of hydrogen-bond donors (Lipinski definition) is 2. The highest BCUT2D eigenvalue weighted by Gasteiger charge is 2.04. The smallest absolute Gasteiger partial charge is 0.144 e. The molecule has 0 fully saturated rings. The Labute approximate surface area is 114 Å². The van der Waals surface area contributed by atoms with Crippen molar-refractivity contribution in [1.29, 1.82) is 0 Å². The van der Waals surface area contributed by atoms with Gasteiger partial charge in [-0.2, -0.15) is 0 Å². The Hall–Kier alpha value is -2.16. The van der Waals surface area contributed by atoms with Crippen LogP contribution in [0.15, 0.2) is 48.5 Å². The summed E-state index contributed by atoms with van der Waals surface area (Å²) in [5.41, 5.74) is 8.81. The molecule has 100 valence electrons. The Morgan fingerprint density at radius 2 is 1.84 bits per heavy atom. The number of ether oxygens (including phenoxy) is 1. The molecule has 0 bridgehead atoms. The van der Waals surface area contributed by atoms with Gasteiger partial charge in [-0.15, -0.1) is 0 Å². The summed E-state index contributed by atoms with van der Waals surface area (Å²) in [6.45, 7) is 4.76. The highest BCUT2D eigenvalue weighted by Crippen LogP contribution is 2.26. The molecule has 0 radical (unpaired) electrons. The summed E-state index contributed by atoms with van der Waals surface area (Å²) in [6, 6.07) is 16.0. The monoisotopic (exact) mass is 256 g/mol. The van der Waals surface area contributed by atoms with Crippen LogP contribution >= 0.6 is 0 Å². The SMILES string of the molecule is CC(C)Oc1cc(NCc2ccccc2)ccc1N. The second kappa shape index (κ2) is 6.14. The second-order valence-corrected chi connectivity index (χ2v) is 4.76. The molecule has 19 heavy (non-hydrogen) atoms. The van der Waals surface area contributed by atoms with Crippen LogP contribution in [0.3, 0.4) is 0 Å². The molecule has 3 heteroatoms. The predicted molar refractivity (Wildman–Crippen MR) is 80.4 cm³/mol. The van der Waals surface area contributed by atoms with E-state index in [-0.39, 0.29) is 6.10 Å². The first-order valence-corrected chi connectivity index (χ1v) is 6.49. The molecule has 0 spiro atoms. The standard InChI is InChI=1S/C16H20N2O/c1-12(2)19-16-10-14(8-9-15(16)17)18-11-13-6-4-3-5-7-13/h3-10,12,18H,11,17H2,1-2H3. The first kappa shape index (κ1) is 13.3. The van der Waals surface area contributed by atoms with E-state index in [9.17, 15) is 0 Å². The van der Waals surface area contributed by atoms with Gasteiger partial charge in [0.15, 0.2) is 0 Å². The molecule has 0 aliphatic carbocycles. The molecule has 2 aromatic carbocycles. The fraction of sp³-hybridized carbons (Fsp3) is 0.250. The van der Waals surface area contributed by atoms with Gasteiger partial charge in [-0.25, -0.2) is 0 Å². The van der Waals surface area contributed by atoms with E-state index in [0.29, 0.717) is 5.69 Å². The van der Waals surface area contributed by atoms with Crippen LogP contribution in [0.1, 0.15) is 19.4 Å². The minimum absolute atomic E-state index is 0.117. The fourth-order valence-electron chi connectivity index (χ4n) is 1.80. The van der Waals surface area contributed by atoms with Crippen LogP contribution in [0.2, 0.25) is 0 Å². The van der Waals surface area contributed by atoms with E-state index in [1.165, 1.54) is 5.56 Å². The Morgan fingerprint density at radius 3 is 2.53 bits per heavy atom. The van der Waals surface area contributed by atoms with Crippen molar-refractivity contribution in [2.24, 2.45) is 0 Å². The van der Waals surface area contributed by atoms with E-state index >= 15 is 0 Å². The lowest BCUT2D eigenvalue weighted by molar-refractivity contribution is 0.244. The van der Waals surface area contributed by atoms with Crippen LogP contribution in [0.4, 0.5) is 11.4 Å². The average molecular weight is 256 g/mol. The molecule has 2 rings (SSSR count). The van der Waals surface area contributed by atoms with Crippen LogP contribution in [-0.2, 0) is 6.54 Å². The zero-order valence-electron chi connectivity index (χ0n) is 11.4. The number of nitrogen functional groups attached to an aromatic ring is 1. The number of nitrogens with two attached hydrogens (primary N) is 1. The van der Waals surface area contributed by atoms with Gasteiger partial charge in [0, 0.05) is 18.3 Å². The van der Waals surface area contributed by atoms with Gasteiger partial charge in [0.05, 0.1) is 11.8 Å². The Morgan fingerprint density at radius 1 is 1.11 bits per heavy atom. The number of nitrogens with one attached hydrogen (secondary N) is 1. The zero-order chi connectivity index (χ0) is 13.7. The first-order valence-electron chi connectivity index (χ1n) is 6.49. The van der Waals surface area contributed by atoms with E-state index in [4.69, 9.17) is 10.5 Å². The van der Waals surface area contributed by atoms with Gasteiger partial charge in [0.25, 0.3) is 0 Å². The maximum Gasteiger partial charge on any atom is 0.144 e. The normalized spacial score (nSPS) is 10.5. The van der Waals surface area contributed by atoms with Gasteiger partial charge in [0.1, 0.15) is 5.75 Å². The maximum atomic E-state index is 5.89. The number of benzene rings is 2. The molecular weight excluding hydrogens is 236 g/mol. The third kappa shape index (κ3) is 3.91.